The van der Waals surface area contributed by atoms with Crippen LogP contribution in [0.2, 0.25) is 0 Å². The van der Waals surface area contributed by atoms with E-state index in [1.807, 2.05) is 13.1 Å². The fourth-order valence-corrected chi connectivity index (χ4v) is 4.53. The number of H-pyrrole nitrogens is 1. The van der Waals surface area contributed by atoms with Gasteiger partial charge in [0.2, 0.25) is 0 Å². The first-order valence-electron chi connectivity index (χ1n) is 10.3. The molecular weight excluding hydrogens is 382 g/mol. The first-order chi connectivity index (χ1) is 14.1. The van der Waals surface area contributed by atoms with E-state index >= 15 is 0 Å². The van der Waals surface area contributed by atoms with Crippen molar-refractivity contribution in [2.45, 2.75) is 39.3 Å². The largest absolute Gasteiger partial charge is 0.381 e. The Hall–Kier alpha value is -2.38. The van der Waals surface area contributed by atoms with Crippen molar-refractivity contribution in [1.29, 1.82) is 0 Å². The van der Waals surface area contributed by atoms with Crippen LogP contribution in [0, 0.1) is 6.92 Å². The lowest BCUT2D eigenvalue weighted by Gasteiger charge is -2.34. The number of likely N-dealkylation sites (tertiary alicyclic amines) is 1. The minimum absolute atomic E-state index is 0.434. The van der Waals surface area contributed by atoms with Crippen LogP contribution >= 0.6 is 0 Å². The van der Waals surface area contributed by atoms with Gasteiger partial charge in [-0.25, -0.2) is 4.21 Å². The predicted molar refractivity (Wildman–Crippen MR) is 122 cm³/mol. The molecule has 4 rings (SSSR count). The monoisotopic (exact) mass is 411 g/mol. The Morgan fingerprint density at radius 3 is 3.03 bits per heavy atom. The number of anilines is 2. The maximum atomic E-state index is 11.9. The number of benzene rings is 2. The normalized spacial score (nSPS) is 18.6. The van der Waals surface area contributed by atoms with Gasteiger partial charge in [-0.1, -0.05) is 19.1 Å². The van der Waals surface area contributed by atoms with Gasteiger partial charge >= 0.3 is 0 Å². The molecule has 3 N–H and O–H groups in total. The molecule has 0 bridgehead atoms. The summed E-state index contributed by atoms with van der Waals surface area (Å²) in [5, 5.41) is 11.9. The molecule has 0 saturated carbocycles. The number of hydrogen-bond donors (Lipinski definition) is 3. The van der Waals surface area contributed by atoms with E-state index in [1.54, 1.807) is 0 Å². The summed E-state index contributed by atoms with van der Waals surface area (Å²) in [7, 11) is -1.02. The smallest absolute Gasteiger partial charge is 0.116 e. The number of aromatic nitrogens is 2. The molecule has 0 radical (unpaired) electrons. The molecule has 2 unspecified atom stereocenters. The molecule has 7 heteroatoms. The van der Waals surface area contributed by atoms with E-state index in [0.29, 0.717) is 11.8 Å². The van der Waals surface area contributed by atoms with Crippen LogP contribution in [0.3, 0.4) is 0 Å². The van der Waals surface area contributed by atoms with Gasteiger partial charge in [-0.05, 0) is 61.7 Å². The summed E-state index contributed by atoms with van der Waals surface area (Å²) >= 11 is 0. The van der Waals surface area contributed by atoms with Crippen molar-refractivity contribution in [3.05, 3.63) is 53.7 Å². The average molecular weight is 412 g/mol. The summed E-state index contributed by atoms with van der Waals surface area (Å²) in [4.78, 5) is 2.50. The summed E-state index contributed by atoms with van der Waals surface area (Å²) in [5.74, 6) is 0.605. The van der Waals surface area contributed by atoms with Crippen LogP contribution < -0.4 is 10.0 Å². The SMILES string of the molecule is CCS(=O)Nc1cc(CN2CCCC(Nc3ccc4[nH]ncc4c3)C2)ccc1C. The summed E-state index contributed by atoms with van der Waals surface area (Å²) in [6.07, 6.45) is 4.22. The summed E-state index contributed by atoms with van der Waals surface area (Å²) in [6, 6.07) is 13.2. The van der Waals surface area contributed by atoms with Gasteiger partial charge < -0.3 is 10.0 Å². The zero-order valence-corrected chi connectivity index (χ0v) is 17.9. The quantitative estimate of drug-likeness (QED) is 0.549. The fraction of sp³-hybridized carbons (Fsp3) is 0.409. The molecule has 1 aliphatic rings. The molecule has 0 aliphatic carbocycles. The highest BCUT2D eigenvalue weighted by molar-refractivity contribution is 7.86. The molecule has 6 nitrogen and oxygen atoms in total. The van der Waals surface area contributed by atoms with E-state index in [1.165, 1.54) is 18.4 Å². The van der Waals surface area contributed by atoms with E-state index in [0.717, 1.165) is 47.5 Å². The third kappa shape index (κ3) is 4.97. The lowest BCUT2D eigenvalue weighted by Crippen LogP contribution is -2.41. The van der Waals surface area contributed by atoms with Gasteiger partial charge in [0.15, 0.2) is 0 Å². The second kappa shape index (κ2) is 8.97. The lowest BCUT2D eigenvalue weighted by atomic mass is 10.0. The Morgan fingerprint density at radius 2 is 2.17 bits per heavy atom. The van der Waals surface area contributed by atoms with Crippen molar-refractivity contribution in [1.82, 2.24) is 15.1 Å². The standard InChI is InChI=1S/C22H29N5OS/c1-3-29(28)26-22-11-17(7-6-16(22)2)14-27-10-4-5-20(15-27)24-19-8-9-21-18(12-19)13-23-25-21/h6-9,11-13,20,24,26H,3-5,10,14-15H2,1-2H3,(H,23,25). The lowest BCUT2D eigenvalue weighted by molar-refractivity contribution is 0.208. The van der Waals surface area contributed by atoms with E-state index in [-0.39, 0.29) is 0 Å². The summed E-state index contributed by atoms with van der Waals surface area (Å²) in [5.41, 5.74) is 5.57. The molecule has 1 fully saturated rings. The van der Waals surface area contributed by atoms with Crippen LogP contribution in [0.15, 0.2) is 42.6 Å². The number of aryl methyl sites for hydroxylation is 1. The third-order valence-electron chi connectivity index (χ3n) is 5.51. The highest BCUT2D eigenvalue weighted by Gasteiger charge is 2.20. The highest BCUT2D eigenvalue weighted by Crippen LogP contribution is 2.23. The highest BCUT2D eigenvalue weighted by atomic mass is 32.2. The van der Waals surface area contributed by atoms with Gasteiger partial charge in [0.1, 0.15) is 11.0 Å². The molecule has 1 aromatic heterocycles. The number of rotatable bonds is 7. The van der Waals surface area contributed by atoms with Gasteiger partial charge in [-0.15, -0.1) is 0 Å². The molecule has 29 heavy (non-hydrogen) atoms. The average Bonchev–Trinajstić information content (AvgIpc) is 3.18. The molecular formula is C22H29N5OS. The second-order valence-electron chi connectivity index (χ2n) is 7.78. The molecule has 2 aromatic carbocycles. The minimum Gasteiger partial charge on any atom is -0.381 e. The Bertz CT molecular complexity index is 1000. The van der Waals surface area contributed by atoms with Gasteiger partial charge in [0, 0.05) is 41.6 Å². The Labute approximate surface area is 174 Å². The molecule has 2 heterocycles. The van der Waals surface area contributed by atoms with Crippen molar-refractivity contribution in [3.63, 3.8) is 0 Å². The first kappa shape index (κ1) is 19.9. The van der Waals surface area contributed by atoms with Crippen LogP contribution in [-0.2, 0) is 17.5 Å². The zero-order valence-electron chi connectivity index (χ0n) is 17.1. The molecule has 0 amide bonds. The number of fused-ring (bicyclic) bond motifs is 1. The van der Waals surface area contributed by atoms with Gasteiger partial charge in [0.25, 0.3) is 0 Å². The Morgan fingerprint density at radius 1 is 1.28 bits per heavy atom. The van der Waals surface area contributed by atoms with Crippen molar-refractivity contribution in [2.24, 2.45) is 0 Å². The molecule has 1 aliphatic heterocycles. The maximum Gasteiger partial charge on any atom is 0.116 e. The molecule has 154 valence electrons. The molecule has 2 atom stereocenters. The van der Waals surface area contributed by atoms with E-state index in [2.05, 4.69) is 68.5 Å². The van der Waals surface area contributed by atoms with E-state index in [4.69, 9.17) is 0 Å². The number of nitrogens with zero attached hydrogens (tertiary/aromatic N) is 2. The van der Waals surface area contributed by atoms with E-state index < -0.39 is 11.0 Å². The Kier molecular flexibility index (Phi) is 6.16. The number of piperidine rings is 1. The van der Waals surface area contributed by atoms with Gasteiger partial charge in [-0.2, -0.15) is 5.10 Å². The summed E-state index contributed by atoms with van der Waals surface area (Å²) in [6.45, 7) is 7.01. The molecule has 3 aromatic rings. The molecule has 1 saturated heterocycles. The second-order valence-corrected chi connectivity index (χ2v) is 9.25. The van der Waals surface area contributed by atoms with Crippen molar-refractivity contribution < 1.29 is 4.21 Å². The summed E-state index contributed by atoms with van der Waals surface area (Å²) < 4.78 is 15.0. The van der Waals surface area contributed by atoms with Crippen LogP contribution in [0.4, 0.5) is 11.4 Å². The van der Waals surface area contributed by atoms with Gasteiger partial charge in [-0.3, -0.25) is 10.00 Å². The Balaban J connectivity index is 1.39. The van der Waals surface area contributed by atoms with Crippen molar-refractivity contribution in [3.8, 4) is 0 Å². The number of hydrogen-bond acceptors (Lipinski definition) is 4. The van der Waals surface area contributed by atoms with Crippen LogP contribution in [0.25, 0.3) is 10.9 Å². The fourth-order valence-electron chi connectivity index (χ4n) is 3.92. The zero-order chi connectivity index (χ0) is 20.2. The van der Waals surface area contributed by atoms with E-state index in [9.17, 15) is 4.21 Å². The molecule has 0 spiro atoms. The predicted octanol–water partition coefficient (Wildman–Crippen LogP) is 4.04. The van der Waals surface area contributed by atoms with Crippen LogP contribution in [0.1, 0.15) is 30.9 Å². The van der Waals surface area contributed by atoms with Crippen LogP contribution in [0.5, 0.6) is 0 Å². The number of aromatic amines is 1. The minimum atomic E-state index is -1.02. The maximum absolute atomic E-state index is 11.9. The third-order valence-corrected chi connectivity index (χ3v) is 6.48. The number of nitrogens with one attached hydrogen (secondary N) is 3. The van der Waals surface area contributed by atoms with Crippen LogP contribution in [-0.4, -0.2) is 44.2 Å². The topological polar surface area (TPSA) is 73.1 Å². The van der Waals surface area contributed by atoms with Crippen molar-refractivity contribution in [2.75, 3.05) is 28.9 Å². The first-order valence-corrected chi connectivity index (χ1v) is 11.6. The van der Waals surface area contributed by atoms with Crippen molar-refractivity contribution >= 4 is 33.3 Å². The van der Waals surface area contributed by atoms with Gasteiger partial charge in [0.05, 0.1) is 11.7 Å².